The van der Waals surface area contributed by atoms with E-state index in [0.29, 0.717) is 13.1 Å². The molecule has 1 spiro atoms. The Bertz CT molecular complexity index is 633. The second-order valence-electron chi connectivity index (χ2n) is 7.97. The van der Waals surface area contributed by atoms with E-state index in [1.165, 1.54) is 12.4 Å². The van der Waals surface area contributed by atoms with Gasteiger partial charge in [-0.3, -0.25) is 14.8 Å². The van der Waals surface area contributed by atoms with Gasteiger partial charge < -0.3 is 9.64 Å². The Hall–Kier alpha value is -2.12. The van der Waals surface area contributed by atoms with Gasteiger partial charge in [-0.15, -0.1) is 0 Å². The lowest BCUT2D eigenvalue weighted by molar-refractivity contribution is -0.385. The Kier molecular flexibility index (Phi) is 4.01. The fourth-order valence-electron chi connectivity index (χ4n) is 3.65. The van der Waals surface area contributed by atoms with E-state index in [9.17, 15) is 14.9 Å². The van der Waals surface area contributed by atoms with E-state index in [0.717, 1.165) is 25.7 Å². The second kappa shape index (κ2) is 5.75. The minimum absolute atomic E-state index is 0.0377. The molecule has 1 aliphatic heterocycles. The molecule has 0 aromatic carbocycles. The Labute approximate surface area is 140 Å². The van der Waals surface area contributed by atoms with Crippen LogP contribution < -0.4 is 0 Å². The van der Waals surface area contributed by atoms with Gasteiger partial charge in [-0.25, -0.2) is 4.79 Å². The van der Waals surface area contributed by atoms with Crippen molar-refractivity contribution < 1.29 is 14.5 Å². The standard InChI is InChI=1S/C16H24N4O4/c1-15(2,3)24-14(21)18-6-4-16(5-7-18)8-12(9-16)19-11-13(10-17-19)20(22)23/h10-12H,4-9H2,1-3H3. The van der Waals surface area contributed by atoms with Crippen LogP contribution in [0.2, 0.25) is 0 Å². The van der Waals surface area contributed by atoms with Crippen LogP contribution in [0.15, 0.2) is 12.4 Å². The fourth-order valence-corrected chi connectivity index (χ4v) is 3.65. The molecule has 1 amide bonds. The van der Waals surface area contributed by atoms with Crippen molar-refractivity contribution in [3.8, 4) is 0 Å². The first-order valence-electron chi connectivity index (χ1n) is 8.34. The average Bonchev–Trinajstić information content (AvgIpc) is 2.92. The summed E-state index contributed by atoms with van der Waals surface area (Å²) in [6.45, 7) is 7.03. The molecule has 1 aromatic rings. The Morgan fingerprint density at radius 1 is 1.38 bits per heavy atom. The first-order valence-corrected chi connectivity index (χ1v) is 8.34. The van der Waals surface area contributed by atoms with Crippen LogP contribution in [0, 0.1) is 15.5 Å². The van der Waals surface area contributed by atoms with Gasteiger partial charge in [0.15, 0.2) is 0 Å². The molecule has 8 heteroatoms. The van der Waals surface area contributed by atoms with Crippen LogP contribution in [-0.2, 0) is 4.74 Å². The third-order valence-electron chi connectivity index (χ3n) is 4.99. The molecule has 3 rings (SSSR count). The molecule has 0 unspecified atom stereocenters. The number of hydrogen-bond donors (Lipinski definition) is 0. The van der Waals surface area contributed by atoms with E-state index in [1.807, 2.05) is 20.8 Å². The van der Waals surface area contributed by atoms with Crippen molar-refractivity contribution in [1.82, 2.24) is 14.7 Å². The maximum absolute atomic E-state index is 12.1. The van der Waals surface area contributed by atoms with Gasteiger partial charge in [-0.2, -0.15) is 5.10 Å². The zero-order valence-electron chi connectivity index (χ0n) is 14.4. The molecule has 0 atom stereocenters. The SMILES string of the molecule is CC(C)(C)OC(=O)N1CCC2(CC1)CC(n1cc([N+](=O)[O-])cn1)C2. The molecular formula is C16H24N4O4. The predicted molar refractivity (Wildman–Crippen MR) is 86.6 cm³/mol. The van der Waals surface area contributed by atoms with Crippen molar-refractivity contribution in [1.29, 1.82) is 0 Å². The minimum atomic E-state index is -0.470. The number of nitrogens with zero attached hydrogens (tertiary/aromatic N) is 4. The summed E-state index contributed by atoms with van der Waals surface area (Å²) in [5.41, 5.74) is -0.192. The molecule has 132 valence electrons. The summed E-state index contributed by atoms with van der Waals surface area (Å²) in [7, 11) is 0. The van der Waals surface area contributed by atoms with Gasteiger partial charge in [0.25, 0.3) is 0 Å². The van der Waals surface area contributed by atoms with Crippen molar-refractivity contribution in [3.63, 3.8) is 0 Å². The van der Waals surface area contributed by atoms with Gasteiger partial charge in [0.1, 0.15) is 18.0 Å². The molecule has 0 bridgehead atoms. The quantitative estimate of drug-likeness (QED) is 0.611. The van der Waals surface area contributed by atoms with E-state index in [-0.39, 0.29) is 23.2 Å². The summed E-state index contributed by atoms with van der Waals surface area (Å²) in [6.07, 6.45) is 6.40. The summed E-state index contributed by atoms with van der Waals surface area (Å²) in [5, 5.41) is 14.9. The smallest absolute Gasteiger partial charge is 0.410 e. The number of rotatable bonds is 2. The van der Waals surface area contributed by atoms with Crippen LogP contribution in [-0.4, -0.2) is 44.4 Å². The minimum Gasteiger partial charge on any atom is -0.444 e. The number of carbonyl (C=O) groups excluding carboxylic acids is 1. The Balaban J connectivity index is 1.51. The molecule has 8 nitrogen and oxygen atoms in total. The summed E-state index contributed by atoms with van der Waals surface area (Å²) in [4.78, 5) is 24.2. The summed E-state index contributed by atoms with van der Waals surface area (Å²) in [6, 6.07) is 0.228. The van der Waals surface area contributed by atoms with Crippen molar-refractivity contribution in [3.05, 3.63) is 22.5 Å². The zero-order chi connectivity index (χ0) is 17.5. The number of piperidine rings is 1. The third kappa shape index (κ3) is 3.37. The molecule has 2 fully saturated rings. The van der Waals surface area contributed by atoms with Crippen LogP contribution in [0.4, 0.5) is 10.5 Å². The Morgan fingerprint density at radius 3 is 2.50 bits per heavy atom. The highest BCUT2D eigenvalue weighted by atomic mass is 16.6. The topological polar surface area (TPSA) is 90.5 Å². The molecule has 1 saturated heterocycles. The number of hydrogen-bond acceptors (Lipinski definition) is 5. The van der Waals surface area contributed by atoms with Crippen LogP contribution in [0.25, 0.3) is 0 Å². The predicted octanol–water partition coefficient (Wildman–Crippen LogP) is 3.14. The summed E-state index contributed by atoms with van der Waals surface area (Å²) >= 11 is 0. The van der Waals surface area contributed by atoms with Crippen molar-refractivity contribution in [2.45, 2.75) is 58.1 Å². The molecule has 0 N–H and O–H groups in total. The first-order chi connectivity index (χ1) is 11.2. The molecule has 2 heterocycles. The van der Waals surface area contributed by atoms with Gasteiger partial charge >= 0.3 is 11.8 Å². The van der Waals surface area contributed by atoms with Gasteiger partial charge in [-0.1, -0.05) is 0 Å². The summed E-state index contributed by atoms with van der Waals surface area (Å²) in [5.74, 6) is 0. The first kappa shape index (κ1) is 16.7. The lowest BCUT2D eigenvalue weighted by atomic mass is 9.60. The van der Waals surface area contributed by atoms with E-state index in [4.69, 9.17) is 4.74 Å². The number of aromatic nitrogens is 2. The highest BCUT2D eigenvalue weighted by molar-refractivity contribution is 5.68. The highest BCUT2D eigenvalue weighted by Crippen LogP contribution is 2.54. The van der Waals surface area contributed by atoms with Crippen LogP contribution in [0.5, 0.6) is 0 Å². The van der Waals surface area contributed by atoms with Crippen LogP contribution in [0.3, 0.4) is 0 Å². The average molecular weight is 336 g/mol. The molecule has 1 aliphatic carbocycles. The Morgan fingerprint density at radius 2 is 2.00 bits per heavy atom. The molecule has 2 aliphatic rings. The van der Waals surface area contributed by atoms with Gasteiger partial charge in [-0.05, 0) is 51.9 Å². The van der Waals surface area contributed by atoms with Crippen LogP contribution >= 0.6 is 0 Å². The van der Waals surface area contributed by atoms with Crippen molar-refractivity contribution in [2.24, 2.45) is 5.41 Å². The third-order valence-corrected chi connectivity index (χ3v) is 4.99. The number of likely N-dealkylation sites (tertiary alicyclic amines) is 1. The number of carbonyl (C=O) groups is 1. The van der Waals surface area contributed by atoms with Crippen LogP contribution in [0.1, 0.15) is 52.5 Å². The number of amides is 1. The fraction of sp³-hybridized carbons (Fsp3) is 0.750. The van der Waals surface area contributed by atoms with Crippen molar-refractivity contribution in [2.75, 3.05) is 13.1 Å². The molecule has 1 saturated carbocycles. The molecule has 1 aromatic heterocycles. The van der Waals surface area contributed by atoms with E-state index >= 15 is 0 Å². The van der Waals surface area contributed by atoms with Gasteiger partial charge in [0.2, 0.25) is 0 Å². The van der Waals surface area contributed by atoms with Crippen molar-refractivity contribution >= 4 is 11.8 Å². The van der Waals surface area contributed by atoms with Gasteiger partial charge in [0.05, 0.1) is 11.0 Å². The molecular weight excluding hydrogens is 312 g/mol. The van der Waals surface area contributed by atoms with E-state index in [2.05, 4.69) is 5.10 Å². The number of ether oxygens (including phenoxy) is 1. The van der Waals surface area contributed by atoms with E-state index < -0.39 is 10.5 Å². The highest BCUT2D eigenvalue weighted by Gasteiger charge is 2.47. The normalized spacial score (nSPS) is 20.7. The van der Waals surface area contributed by atoms with Gasteiger partial charge in [0, 0.05) is 13.1 Å². The lowest BCUT2D eigenvalue weighted by Gasteiger charge is -2.51. The lowest BCUT2D eigenvalue weighted by Crippen LogP contribution is -2.50. The largest absolute Gasteiger partial charge is 0.444 e. The monoisotopic (exact) mass is 336 g/mol. The molecule has 24 heavy (non-hydrogen) atoms. The zero-order valence-corrected chi connectivity index (χ0v) is 14.4. The number of nitro groups is 1. The second-order valence-corrected chi connectivity index (χ2v) is 7.97. The van der Waals surface area contributed by atoms with E-state index in [1.54, 1.807) is 9.58 Å². The summed E-state index contributed by atoms with van der Waals surface area (Å²) < 4.78 is 7.13. The maximum Gasteiger partial charge on any atom is 0.410 e. The molecule has 0 radical (unpaired) electrons. The maximum atomic E-state index is 12.1.